The van der Waals surface area contributed by atoms with Crippen LogP contribution in [-0.4, -0.2) is 93.7 Å². The molecule has 45 heavy (non-hydrogen) atoms. The number of hydrogen-bond donors (Lipinski definition) is 6. The summed E-state index contributed by atoms with van der Waals surface area (Å²) in [5.41, 5.74) is 1.19. The predicted octanol–water partition coefficient (Wildman–Crippen LogP) is 1.52. The van der Waals surface area contributed by atoms with E-state index in [9.17, 15) is 35.1 Å². The van der Waals surface area contributed by atoms with Crippen molar-refractivity contribution in [1.82, 2.24) is 5.32 Å². The van der Waals surface area contributed by atoms with E-state index < -0.39 is 48.4 Å². The molecule has 248 valence electrons. The minimum Gasteiger partial charge on any atom is -0.483 e. The van der Waals surface area contributed by atoms with Gasteiger partial charge in [-0.05, 0) is 63.5 Å². The molecule has 6 unspecified atom stereocenters. The van der Waals surface area contributed by atoms with Crippen molar-refractivity contribution in [3.05, 3.63) is 23.5 Å². The number of benzene rings is 1. The normalized spacial score (nSPS) is 30.0. The second-order valence-corrected chi connectivity index (χ2v) is 12.7. The molecular weight excluding hydrogens is 590 g/mol. The number of carbonyl (C=O) groups is 2. The van der Waals surface area contributed by atoms with Crippen molar-refractivity contribution >= 4 is 22.8 Å². The van der Waals surface area contributed by atoms with Crippen LogP contribution in [0.2, 0.25) is 0 Å². The Morgan fingerprint density at radius 1 is 1.04 bits per heavy atom. The van der Waals surface area contributed by atoms with E-state index in [0.29, 0.717) is 23.1 Å². The topological polar surface area (TPSA) is 197 Å². The van der Waals surface area contributed by atoms with Crippen LogP contribution >= 0.6 is 0 Å². The number of aliphatic hydroxyl groups is 5. The molecule has 3 heterocycles. The lowest BCUT2D eigenvalue weighted by Gasteiger charge is -2.41. The first-order valence-corrected chi connectivity index (χ1v) is 16.0. The molecule has 1 aromatic carbocycles. The molecule has 0 bridgehead atoms. The maximum Gasteiger partial charge on any atom is 0.306 e. The van der Waals surface area contributed by atoms with E-state index in [1.165, 1.54) is 0 Å². The van der Waals surface area contributed by atoms with Crippen LogP contribution in [0.1, 0.15) is 81.8 Å². The lowest BCUT2D eigenvalue weighted by molar-refractivity contribution is -0.310. The predicted molar refractivity (Wildman–Crippen MR) is 156 cm³/mol. The van der Waals surface area contributed by atoms with E-state index in [-0.39, 0.29) is 48.9 Å². The highest BCUT2D eigenvalue weighted by atomic mass is 16.7. The van der Waals surface area contributed by atoms with E-state index >= 15 is 0 Å². The van der Waals surface area contributed by atoms with Gasteiger partial charge in [-0.25, -0.2) is 0 Å². The van der Waals surface area contributed by atoms with Crippen molar-refractivity contribution < 1.29 is 58.5 Å². The number of carbonyl (C=O) groups excluding carboxylic acids is 2. The summed E-state index contributed by atoms with van der Waals surface area (Å²) in [6.07, 6.45) is -2.25. The van der Waals surface area contributed by atoms with Crippen molar-refractivity contribution in [2.75, 3.05) is 13.2 Å². The fourth-order valence-corrected chi connectivity index (χ4v) is 7.58. The Hall–Kier alpha value is -2.94. The smallest absolute Gasteiger partial charge is 0.306 e. The number of furan rings is 1. The van der Waals surface area contributed by atoms with Crippen molar-refractivity contribution in [1.29, 1.82) is 0 Å². The minimum atomic E-state index is -2.17. The van der Waals surface area contributed by atoms with Crippen LogP contribution in [0.4, 0.5) is 0 Å². The highest BCUT2D eigenvalue weighted by Gasteiger charge is 2.53. The van der Waals surface area contributed by atoms with Gasteiger partial charge in [-0.15, -0.1) is 0 Å². The molecule has 1 spiro atoms. The van der Waals surface area contributed by atoms with Gasteiger partial charge in [0.2, 0.25) is 17.9 Å². The lowest BCUT2D eigenvalue weighted by Crippen LogP contribution is -2.62. The summed E-state index contributed by atoms with van der Waals surface area (Å²) in [5, 5.41) is 55.0. The zero-order valence-electron chi connectivity index (χ0n) is 25.4. The van der Waals surface area contributed by atoms with E-state index in [2.05, 4.69) is 5.32 Å². The summed E-state index contributed by atoms with van der Waals surface area (Å²) in [7, 11) is 0. The Morgan fingerprint density at radius 3 is 2.47 bits per heavy atom. The lowest BCUT2D eigenvalue weighted by atomic mass is 9.72. The molecule has 4 fully saturated rings. The molecule has 2 saturated carbocycles. The first-order chi connectivity index (χ1) is 21.6. The number of aliphatic hydroxyl groups excluding tert-OH is 4. The second-order valence-electron chi connectivity index (χ2n) is 12.7. The van der Waals surface area contributed by atoms with Crippen LogP contribution < -0.4 is 14.8 Å². The molecule has 0 radical (unpaired) electrons. The summed E-state index contributed by atoms with van der Waals surface area (Å²) in [5.74, 6) is -0.200. The van der Waals surface area contributed by atoms with Crippen molar-refractivity contribution in [2.24, 2.45) is 5.41 Å². The number of amides is 1. The zero-order valence-corrected chi connectivity index (χ0v) is 25.4. The molecule has 2 saturated heterocycles. The van der Waals surface area contributed by atoms with Gasteiger partial charge >= 0.3 is 5.97 Å². The molecule has 2 aliphatic carbocycles. The first-order valence-electron chi connectivity index (χ1n) is 16.0. The monoisotopic (exact) mass is 633 g/mol. The Morgan fingerprint density at radius 2 is 1.78 bits per heavy atom. The summed E-state index contributed by atoms with van der Waals surface area (Å²) >= 11 is 0. The molecule has 13 heteroatoms. The summed E-state index contributed by atoms with van der Waals surface area (Å²) in [6.45, 7) is 2.39. The molecule has 13 nitrogen and oxygen atoms in total. The number of nitrogens with one attached hydrogen (secondary N) is 1. The van der Waals surface area contributed by atoms with Crippen molar-refractivity contribution in [3.63, 3.8) is 0 Å². The number of esters is 1. The van der Waals surface area contributed by atoms with Crippen LogP contribution in [0, 0.1) is 5.41 Å². The van der Waals surface area contributed by atoms with Crippen molar-refractivity contribution in [2.45, 2.75) is 120 Å². The zero-order chi connectivity index (χ0) is 31.9. The van der Waals surface area contributed by atoms with Gasteiger partial charge in [0.05, 0.1) is 24.4 Å². The highest BCUT2D eigenvalue weighted by Crippen LogP contribution is 2.54. The van der Waals surface area contributed by atoms with Gasteiger partial charge in [0, 0.05) is 29.8 Å². The van der Waals surface area contributed by atoms with Gasteiger partial charge in [-0.3, -0.25) is 9.59 Å². The van der Waals surface area contributed by atoms with Gasteiger partial charge in [0.15, 0.2) is 17.6 Å². The van der Waals surface area contributed by atoms with Gasteiger partial charge in [-0.1, -0.05) is 12.8 Å². The van der Waals surface area contributed by atoms with Gasteiger partial charge in [0.25, 0.3) is 0 Å². The third kappa shape index (κ3) is 5.90. The van der Waals surface area contributed by atoms with Gasteiger partial charge in [-0.2, -0.15) is 0 Å². The third-order valence-electron chi connectivity index (χ3n) is 9.96. The Labute approximate surface area is 260 Å². The first kappa shape index (κ1) is 32.0. The van der Waals surface area contributed by atoms with Crippen LogP contribution in [-0.2, 0) is 25.5 Å². The number of ether oxygens (including phenoxy) is 4. The molecule has 6 N–H and O–H groups in total. The molecule has 1 amide bonds. The number of fused-ring (bicyclic) bond motifs is 1. The van der Waals surface area contributed by atoms with Crippen LogP contribution in [0.25, 0.3) is 11.0 Å². The molecule has 4 aliphatic rings. The van der Waals surface area contributed by atoms with Crippen LogP contribution in [0.5, 0.6) is 11.5 Å². The molecule has 6 atom stereocenters. The summed E-state index contributed by atoms with van der Waals surface area (Å²) in [6, 6.07) is 1.83. The number of aryl methyl sites for hydroxylation is 1. The minimum absolute atomic E-state index is 0.00738. The van der Waals surface area contributed by atoms with Gasteiger partial charge in [0.1, 0.15) is 24.4 Å². The standard InChI is InChI=1S/C32H43NO12/c1-2-41-21(34)10-9-16-13-18-19(20-14-33-31(40)32(20)11-5-6-12-32)15-42-26(18)28(43-17-7-3-4-8-17)25(16)44-30-24(37)22(35)23(36)27(45-30)29(38)39/h13,15,17,20,22-24,27,29-30,35-39H,2-12,14H2,1H3,(H,33,40). The number of rotatable bonds is 10. The molecule has 6 rings (SSSR count). The number of hydrogen-bond acceptors (Lipinski definition) is 12. The Bertz CT molecular complexity index is 1380. The molecule has 2 aromatic rings. The summed E-state index contributed by atoms with van der Waals surface area (Å²) < 4.78 is 29.7. The van der Waals surface area contributed by atoms with E-state index in [1.54, 1.807) is 13.2 Å². The average Bonchev–Trinajstić information content (AvgIpc) is 3.83. The Balaban J connectivity index is 1.47. The maximum atomic E-state index is 13.1. The molecule has 1 aromatic heterocycles. The maximum absolute atomic E-state index is 13.1. The van der Waals surface area contributed by atoms with E-state index in [1.807, 2.05) is 6.07 Å². The fraction of sp³-hybridized carbons (Fsp3) is 0.688. The van der Waals surface area contributed by atoms with Crippen LogP contribution in [0.15, 0.2) is 16.7 Å². The SMILES string of the molecule is CCOC(=O)CCc1cc2c(C3CNC(=O)C34CCCC4)coc2c(OC2CCCC2)c1OC1OC(C(O)O)C(O)C(O)C1O. The fourth-order valence-electron chi connectivity index (χ4n) is 7.58. The van der Waals surface area contributed by atoms with Crippen molar-refractivity contribution in [3.8, 4) is 11.5 Å². The largest absolute Gasteiger partial charge is 0.483 e. The van der Waals surface area contributed by atoms with Crippen LogP contribution in [0.3, 0.4) is 0 Å². The Kier molecular flexibility index (Phi) is 9.28. The molecule has 2 aliphatic heterocycles. The summed E-state index contributed by atoms with van der Waals surface area (Å²) in [4.78, 5) is 25.6. The van der Waals surface area contributed by atoms with Gasteiger partial charge < -0.3 is 54.2 Å². The van der Waals surface area contributed by atoms with E-state index in [4.69, 9.17) is 23.4 Å². The van der Waals surface area contributed by atoms with E-state index in [0.717, 1.165) is 56.9 Å². The quantitative estimate of drug-likeness (QED) is 0.163. The average molecular weight is 634 g/mol. The second kappa shape index (κ2) is 13.0. The third-order valence-corrected chi connectivity index (χ3v) is 9.96. The highest BCUT2D eigenvalue weighted by molar-refractivity contribution is 5.93. The molecular formula is C32H43NO12.